The Morgan fingerprint density at radius 2 is 2.31 bits per heavy atom. The summed E-state index contributed by atoms with van der Waals surface area (Å²) in [5.41, 5.74) is 5.36. The highest BCUT2D eigenvalue weighted by atomic mass is 35.5. The largest absolute Gasteiger partial charge is 0.352 e. The molecule has 0 bridgehead atoms. The van der Waals surface area contributed by atoms with E-state index in [0.29, 0.717) is 18.1 Å². The van der Waals surface area contributed by atoms with Crippen LogP contribution in [-0.2, 0) is 0 Å². The predicted molar refractivity (Wildman–Crippen MR) is 62.0 cm³/mol. The van der Waals surface area contributed by atoms with Gasteiger partial charge in [-0.2, -0.15) is 0 Å². The summed E-state index contributed by atoms with van der Waals surface area (Å²) in [6, 6.07) is 3.87. The van der Waals surface area contributed by atoms with E-state index in [4.69, 9.17) is 17.3 Å². The van der Waals surface area contributed by atoms with Crippen molar-refractivity contribution < 1.29 is 9.18 Å². The van der Waals surface area contributed by atoms with Crippen LogP contribution in [0.5, 0.6) is 0 Å². The second-order valence-electron chi connectivity index (χ2n) is 3.68. The van der Waals surface area contributed by atoms with Gasteiger partial charge in [0, 0.05) is 11.6 Å². The summed E-state index contributed by atoms with van der Waals surface area (Å²) in [6.45, 7) is 2.79. The van der Waals surface area contributed by atoms with E-state index >= 15 is 0 Å². The lowest BCUT2D eigenvalue weighted by molar-refractivity contribution is 0.0944. The molecular formula is C11H14ClFN2O. The molecule has 0 saturated carbocycles. The number of halogens is 2. The molecule has 1 aromatic rings. The first kappa shape index (κ1) is 12.9. The number of carbonyl (C=O) groups is 1. The number of amides is 1. The molecule has 16 heavy (non-hydrogen) atoms. The molecule has 1 unspecified atom stereocenters. The zero-order valence-electron chi connectivity index (χ0n) is 8.97. The molecule has 1 aromatic carbocycles. The van der Waals surface area contributed by atoms with Gasteiger partial charge in [-0.15, -0.1) is 0 Å². The molecule has 0 spiro atoms. The zero-order chi connectivity index (χ0) is 12.1. The minimum Gasteiger partial charge on any atom is -0.352 e. The van der Waals surface area contributed by atoms with Crippen LogP contribution in [0.4, 0.5) is 4.39 Å². The van der Waals surface area contributed by atoms with Crippen LogP contribution < -0.4 is 11.1 Å². The van der Waals surface area contributed by atoms with E-state index in [1.807, 2.05) is 6.92 Å². The maximum atomic E-state index is 13.3. The molecule has 0 aromatic heterocycles. The fourth-order valence-corrected chi connectivity index (χ4v) is 1.29. The molecule has 3 N–H and O–H groups in total. The van der Waals surface area contributed by atoms with E-state index in [1.54, 1.807) is 0 Å². The highest BCUT2D eigenvalue weighted by Gasteiger charge is 2.12. The lowest BCUT2D eigenvalue weighted by Gasteiger charge is -2.10. The Morgan fingerprint density at radius 3 is 2.94 bits per heavy atom. The quantitative estimate of drug-likeness (QED) is 0.849. The Kier molecular flexibility index (Phi) is 4.71. The summed E-state index contributed by atoms with van der Waals surface area (Å²) in [6.07, 6.45) is 0. The van der Waals surface area contributed by atoms with E-state index in [0.717, 1.165) is 0 Å². The van der Waals surface area contributed by atoms with Gasteiger partial charge in [-0.3, -0.25) is 4.79 Å². The summed E-state index contributed by atoms with van der Waals surface area (Å²) in [5, 5.41) is 2.93. The number of hydrogen-bond acceptors (Lipinski definition) is 2. The fourth-order valence-electron chi connectivity index (χ4n) is 1.12. The number of nitrogens with one attached hydrogen (secondary N) is 1. The number of benzene rings is 1. The lowest BCUT2D eigenvalue weighted by atomic mass is 10.1. The van der Waals surface area contributed by atoms with Crippen LogP contribution in [0, 0.1) is 11.7 Å². The van der Waals surface area contributed by atoms with E-state index in [2.05, 4.69) is 5.32 Å². The van der Waals surface area contributed by atoms with Crippen molar-refractivity contribution in [3.63, 3.8) is 0 Å². The first-order valence-electron chi connectivity index (χ1n) is 4.98. The summed E-state index contributed by atoms with van der Waals surface area (Å²) in [7, 11) is 0. The zero-order valence-corrected chi connectivity index (χ0v) is 9.72. The van der Waals surface area contributed by atoms with Gasteiger partial charge in [0.1, 0.15) is 5.82 Å². The molecule has 0 saturated heterocycles. The molecule has 1 amide bonds. The standard InChI is InChI=1S/C11H14ClFN2O/c1-7(5-14)6-15-11(16)9-4-8(12)2-3-10(9)13/h2-4,7H,5-6,14H2,1H3,(H,15,16). The van der Waals surface area contributed by atoms with Gasteiger partial charge in [0.2, 0.25) is 0 Å². The smallest absolute Gasteiger partial charge is 0.254 e. The van der Waals surface area contributed by atoms with Crippen molar-refractivity contribution in [1.82, 2.24) is 5.32 Å². The summed E-state index contributed by atoms with van der Waals surface area (Å²) in [5.74, 6) is -0.895. The molecule has 88 valence electrons. The van der Waals surface area contributed by atoms with Crippen LogP contribution >= 0.6 is 11.6 Å². The Balaban J connectivity index is 2.69. The number of carbonyl (C=O) groups excluding carboxylic acids is 1. The van der Waals surface area contributed by atoms with Crippen molar-refractivity contribution in [3.8, 4) is 0 Å². The van der Waals surface area contributed by atoms with Crippen molar-refractivity contribution in [1.29, 1.82) is 0 Å². The van der Waals surface area contributed by atoms with Gasteiger partial charge in [0.25, 0.3) is 5.91 Å². The van der Waals surface area contributed by atoms with Crippen LogP contribution in [0.1, 0.15) is 17.3 Å². The van der Waals surface area contributed by atoms with Gasteiger partial charge in [0.15, 0.2) is 0 Å². The monoisotopic (exact) mass is 244 g/mol. The Hall–Kier alpha value is -1.13. The van der Waals surface area contributed by atoms with Crippen LogP contribution in [-0.4, -0.2) is 19.0 Å². The minimum absolute atomic E-state index is 0.0447. The molecule has 0 aliphatic heterocycles. The van der Waals surface area contributed by atoms with Crippen molar-refractivity contribution >= 4 is 17.5 Å². The van der Waals surface area contributed by atoms with E-state index in [-0.39, 0.29) is 11.5 Å². The van der Waals surface area contributed by atoms with E-state index in [9.17, 15) is 9.18 Å². The number of rotatable bonds is 4. The molecule has 0 fully saturated rings. The Labute approximate surface area is 98.8 Å². The van der Waals surface area contributed by atoms with Gasteiger partial charge in [-0.25, -0.2) is 4.39 Å². The molecule has 0 radical (unpaired) electrons. The highest BCUT2D eigenvalue weighted by molar-refractivity contribution is 6.30. The molecule has 1 atom stereocenters. The molecule has 5 heteroatoms. The summed E-state index contributed by atoms with van der Waals surface area (Å²) in [4.78, 5) is 11.6. The average Bonchev–Trinajstić information content (AvgIpc) is 2.28. The minimum atomic E-state index is -0.581. The average molecular weight is 245 g/mol. The molecule has 3 nitrogen and oxygen atoms in total. The number of nitrogens with two attached hydrogens (primary N) is 1. The van der Waals surface area contributed by atoms with Crippen molar-refractivity contribution in [2.24, 2.45) is 11.7 Å². The first-order valence-corrected chi connectivity index (χ1v) is 5.35. The third-order valence-corrected chi connectivity index (χ3v) is 2.42. The molecular weight excluding hydrogens is 231 g/mol. The van der Waals surface area contributed by atoms with Crippen molar-refractivity contribution in [3.05, 3.63) is 34.6 Å². The van der Waals surface area contributed by atoms with Crippen LogP contribution in [0.15, 0.2) is 18.2 Å². The van der Waals surface area contributed by atoms with Crippen LogP contribution in [0.3, 0.4) is 0 Å². The Bertz CT molecular complexity index is 384. The maximum Gasteiger partial charge on any atom is 0.254 e. The summed E-state index contributed by atoms with van der Waals surface area (Å²) < 4.78 is 13.3. The van der Waals surface area contributed by atoms with Gasteiger partial charge >= 0.3 is 0 Å². The van der Waals surface area contributed by atoms with E-state index in [1.165, 1.54) is 18.2 Å². The second-order valence-corrected chi connectivity index (χ2v) is 4.11. The van der Waals surface area contributed by atoms with Gasteiger partial charge in [0.05, 0.1) is 5.56 Å². The normalized spacial score (nSPS) is 12.2. The number of hydrogen-bond donors (Lipinski definition) is 2. The molecule has 0 aliphatic carbocycles. The highest BCUT2D eigenvalue weighted by Crippen LogP contribution is 2.14. The second kappa shape index (κ2) is 5.82. The van der Waals surface area contributed by atoms with Gasteiger partial charge in [-0.1, -0.05) is 18.5 Å². The molecule has 0 aliphatic rings. The maximum absolute atomic E-state index is 13.3. The Morgan fingerprint density at radius 1 is 1.62 bits per heavy atom. The SMILES string of the molecule is CC(CN)CNC(=O)c1cc(Cl)ccc1F. The van der Waals surface area contributed by atoms with Crippen molar-refractivity contribution in [2.45, 2.75) is 6.92 Å². The van der Waals surface area contributed by atoms with Gasteiger partial charge < -0.3 is 11.1 Å². The molecule has 0 heterocycles. The predicted octanol–water partition coefficient (Wildman–Crippen LogP) is 1.80. The first-order chi connectivity index (χ1) is 7.54. The fraction of sp³-hybridized carbons (Fsp3) is 0.364. The van der Waals surface area contributed by atoms with Crippen LogP contribution in [0.2, 0.25) is 5.02 Å². The third-order valence-electron chi connectivity index (χ3n) is 2.19. The lowest BCUT2D eigenvalue weighted by Crippen LogP contribution is -2.31. The summed E-state index contributed by atoms with van der Waals surface area (Å²) >= 11 is 5.68. The van der Waals surface area contributed by atoms with Crippen LogP contribution in [0.25, 0.3) is 0 Å². The third kappa shape index (κ3) is 3.47. The van der Waals surface area contributed by atoms with Gasteiger partial charge in [-0.05, 0) is 30.7 Å². The van der Waals surface area contributed by atoms with Crippen molar-refractivity contribution in [2.75, 3.05) is 13.1 Å². The van der Waals surface area contributed by atoms with E-state index < -0.39 is 11.7 Å². The molecule has 1 rings (SSSR count). The topological polar surface area (TPSA) is 55.1 Å².